The van der Waals surface area contributed by atoms with Crippen molar-refractivity contribution in [3.63, 3.8) is 0 Å². The predicted molar refractivity (Wildman–Crippen MR) is 103 cm³/mol. The number of rotatable bonds is 4. The lowest BCUT2D eigenvalue weighted by Gasteiger charge is -2.40. The Morgan fingerprint density at radius 2 is 1.61 bits per heavy atom. The van der Waals surface area contributed by atoms with E-state index in [0.717, 1.165) is 5.56 Å². The lowest BCUT2D eigenvalue weighted by atomic mass is 10.0. The summed E-state index contributed by atoms with van der Waals surface area (Å²) in [7, 11) is 0. The number of carbonyl (C=O) groups is 2. The molecule has 1 fully saturated rings. The molecule has 2 aromatic carbocycles. The van der Waals surface area contributed by atoms with Gasteiger partial charge < -0.3 is 9.80 Å². The molecule has 140 valence electrons. The van der Waals surface area contributed by atoms with Gasteiger partial charge in [-0.25, -0.2) is 4.39 Å². The highest BCUT2D eigenvalue weighted by Gasteiger charge is 2.40. The van der Waals surface area contributed by atoms with Crippen molar-refractivity contribution in [2.45, 2.75) is 12.6 Å². The van der Waals surface area contributed by atoms with Gasteiger partial charge in [-0.3, -0.25) is 14.6 Å². The van der Waals surface area contributed by atoms with Crippen LogP contribution in [0.15, 0.2) is 79.1 Å². The molecule has 1 unspecified atom stereocenters. The normalized spacial score (nSPS) is 17.1. The highest BCUT2D eigenvalue weighted by molar-refractivity contribution is 6.06. The van der Waals surface area contributed by atoms with E-state index in [2.05, 4.69) is 4.98 Å². The van der Waals surface area contributed by atoms with E-state index in [1.54, 1.807) is 29.4 Å². The summed E-state index contributed by atoms with van der Waals surface area (Å²) in [5.74, 6) is -0.793. The van der Waals surface area contributed by atoms with Gasteiger partial charge in [-0.2, -0.15) is 0 Å². The van der Waals surface area contributed by atoms with E-state index >= 15 is 0 Å². The van der Waals surface area contributed by atoms with Crippen molar-refractivity contribution in [3.05, 3.63) is 96.1 Å². The van der Waals surface area contributed by atoms with Crippen LogP contribution in [0.3, 0.4) is 0 Å². The predicted octanol–water partition coefficient (Wildman–Crippen LogP) is 3.34. The molecule has 1 saturated heterocycles. The van der Waals surface area contributed by atoms with Crippen molar-refractivity contribution in [2.24, 2.45) is 0 Å². The van der Waals surface area contributed by atoms with Gasteiger partial charge in [-0.05, 0) is 47.5 Å². The Labute approximate surface area is 162 Å². The molecular formula is C22H18FN3O2. The maximum Gasteiger partial charge on any atom is 0.254 e. The fourth-order valence-corrected chi connectivity index (χ4v) is 3.40. The molecule has 0 bridgehead atoms. The molecule has 0 aliphatic carbocycles. The van der Waals surface area contributed by atoms with Crippen molar-refractivity contribution in [2.75, 3.05) is 11.4 Å². The Bertz CT molecular complexity index is 978. The second kappa shape index (κ2) is 7.60. The monoisotopic (exact) mass is 375 g/mol. The average Bonchev–Trinajstić information content (AvgIpc) is 2.73. The molecule has 1 aliphatic heterocycles. The highest BCUT2D eigenvalue weighted by Crippen LogP contribution is 2.31. The Kier molecular flexibility index (Phi) is 4.85. The van der Waals surface area contributed by atoms with E-state index in [9.17, 15) is 14.0 Å². The highest BCUT2D eigenvalue weighted by atomic mass is 19.1. The van der Waals surface area contributed by atoms with E-state index in [1.807, 2.05) is 30.3 Å². The number of pyridine rings is 1. The molecule has 2 heterocycles. The minimum absolute atomic E-state index is 0.0844. The van der Waals surface area contributed by atoms with E-state index in [4.69, 9.17) is 0 Å². The van der Waals surface area contributed by atoms with Crippen LogP contribution in [-0.2, 0) is 16.1 Å². The van der Waals surface area contributed by atoms with Crippen LogP contribution in [0.25, 0.3) is 0 Å². The molecule has 0 saturated carbocycles. The summed E-state index contributed by atoms with van der Waals surface area (Å²) in [6.45, 7) is 0.245. The SMILES string of the molecule is O=C1C(c2ccncc2)N(Cc2ccccc2)C(=O)CN1c1ccc(F)cc1. The molecule has 28 heavy (non-hydrogen) atoms. The van der Waals surface area contributed by atoms with Crippen molar-refractivity contribution in [3.8, 4) is 0 Å². The van der Waals surface area contributed by atoms with Gasteiger partial charge in [0.15, 0.2) is 0 Å². The zero-order valence-electron chi connectivity index (χ0n) is 15.0. The van der Waals surface area contributed by atoms with Crippen molar-refractivity contribution in [1.82, 2.24) is 9.88 Å². The third kappa shape index (κ3) is 3.49. The quantitative estimate of drug-likeness (QED) is 0.703. The molecule has 3 aromatic rings. The smallest absolute Gasteiger partial charge is 0.254 e. The summed E-state index contributed by atoms with van der Waals surface area (Å²) >= 11 is 0. The lowest BCUT2D eigenvalue weighted by molar-refractivity contribution is -0.144. The maximum absolute atomic E-state index is 13.4. The first-order valence-electron chi connectivity index (χ1n) is 8.94. The minimum atomic E-state index is -0.769. The van der Waals surface area contributed by atoms with Crippen LogP contribution in [0.2, 0.25) is 0 Å². The second-order valence-corrected chi connectivity index (χ2v) is 6.59. The first-order chi connectivity index (χ1) is 13.6. The number of halogens is 1. The number of carbonyl (C=O) groups excluding carboxylic acids is 2. The molecule has 1 aromatic heterocycles. The summed E-state index contributed by atoms with van der Waals surface area (Å²) in [4.78, 5) is 33.4. The Hall–Kier alpha value is -3.54. The van der Waals surface area contributed by atoms with Gasteiger partial charge >= 0.3 is 0 Å². The molecule has 0 radical (unpaired) electrons. The largest absolute Gasteiger partial charge is 0.321 e. The summed E-state index contributed by atoms with van der Waals surface area (Å²) in [5, 5.41) is 0. The van der Waals surface area contributed by atoms with Gasteiger partial charge in [0.2, 0.25) is 5.91 Å². The van der Waals surface area contributed by atoms with Gasteiger partial charge in [0.05, 0.1) is 0 Å². The number of hydrogen-bond donors (Lipinski definition) is 0. The molecule has 4 rings (SSSR count). The number of hydrogen-bond acceptors (Lipinski definition) is 3. The molecule has 1 atom stereocenters. The molecule has 0 spiro atoms. The molecule has 6 heteroatoms. The first kappa shape index (κ1) is 17.9. The molecule has 0 N–H and O–H groups in total. The summed E-state index contributed by atoms with van der Waals surface area (Å²) in [6, 6.07) is 17.9. The fraction of sp³-hybridized carbons (Fsp3) is 0.136. The number of amides is 2. The summed E-state index contributed by atoms with van der Waals surface area (Å²) < 4.78 is 13.3. The fourth-order valence-electron chi connectivity index (χ4n) is 3.40. The number of piperazine rings is 1. The zero-order valence-corrected chi connectivity index (χ0v) is 15.0. The molecule has 5 nitrogen and oxygen atoms in total. The molecule has 1 aliphatic rings. The maximum atomic E-state index is 13.4. The number of anilines is 1. The third-order valence-electron chi connectivity index (χ3n) is 4.78. The summed E-state index contributed by atoms with van der Waals surface area (Å²) in [6.07, 6.45) is 3.20. The molecular weight excluding hydrogens is 357 g/mol. The zero-order chi connectivity index (χ0) is 19.5. The van der Waals surface area contributed by atoms with Crippen molar-refractivity contribution < 1.29 is 14.0 Å². The lowest BCUT2D eigenvalue weighted by Crippen LogP contribution is -2.55. The van der Waals surface area contributed by atoms with E-state index < -0.39 is 11.9 Å². The minimum Gasteiger partial charge on any atom is -0.321 e. The topological polar surface area (TPSA) is 53.5 Å². The van der Waals surface area contributed by atoms with Gasteiger partial charge in [0.25, 0.3) is 5.91 Å². The Balaban J connectivity index is 1.72. The van der Waals surface area contributed by atoms with Gasteiger partial charge in [-0.15, -0.1) is 0 Å². The van der Waals surface area contributed by atoms with Crippen LogP contribution in [-0.4, -0.2) is 28.2 Å². The first-order valence-corrected chi connectivity index (χ1v) is 8.94. The number of aromatic nitrogens is 1. The van der Waals surface area contributed by atoms with Gasteiger partial charge in [0.1, 0.15) is 18.4 Å². The van der Waals surface area contributed by atoms with Crippen LogP contribution in [0.1, 0.15) is 17.2 Å². The Morgan fingerprint density at radius 1 is 0.929 bits per heavy atom. The number of nitrogens with zero attached hydrogens (tertiary/aromatic N) is 3. The summed E-state index contributed by atoms with van der Waals surface area (Å²) in [5.41, 5.74) is 2.13. The van der Waals surface area contributed by atoms with E-state index in [0.29, 0.717) is 17.8 Å². The van der Waals surface area contributed by atoms with Crippen molar-refractivity contribution >= 4 is 17.5 Å². The average molecular weight is 375 g/mol. The van der Waals surface area contributed by atoms with Crippen LogP contribution >= 0.6 is 0 Å². The van der Waals surface area contributed by atoms with Crippen LogP contribution in [0, 0.1) is 5.82 Å². The second-order valence-electron chi connectivity index (χ2n) is 6.59. The number of benzene rings is 2. The van der Waals surface area contributed by atoms with Crippen LogP contribution in [0.4, 0.5) is 10.1 Å². The molecule has 2 amide bonds. The third-order valence-corrected chi connectivity index (χ3v) is 4.78. The van der Waals surface area contributed by atoms with Gasteiger partial charge in [-0.1, -0.05) is 30.3 Å². The van der Waals surface area contributed by atoms with Crippen LogP contribution in [0.5, 0.6) is 0 Å². The Morgan fingerprint density at radius 3 is 2.29 bits per heavy atom. The van der Waals surface area contributed by atoms with Gasteiger partial charge in [0, 0.05) is 24.6 Å². The van der Waals surface area contributed by atoms with Crippen LogP contribution < -0.4 is 4.90 Å². The van der Waals surface area contributed by atoms with Crippen molar-refractivity contribution in [1.29, 1.82) is 0 Å². The van der Waals surface area contributed by atoms with E-state index in [1.165, 1.54) is 29.2 Å². The standard InChI is InChI=1S/C22H18FN3O2/c23-18-6-8-19(9-7-18)25-15-20(27)26(14-16-4-2-1-3-5-16)21(22(25)28)17-10-12-24-13-11-17/h1-13,21H,14-15H2. The van der Waals surface area contributed by atoms with E-state index in [-0.39, 0.29) is 18.4 Å².